The fourth-order valence-corrected chi connectivity index (χ4v) is 5.14. The highest BCUT2D eigenvalue weighted by atomic mass is 14.6. The van der Waals surface area contributed by atoms with Gasteiger partial charge in [0.25, 0.3) is 0 Å². The van der Waals surface area contributed by atoms with Crippen molar-refractivity contribution in [3.8, 4) is 44.5 Å². The van der Waals surface area contributed by atoms with Crippen LogP contribution >= 0.6 is 0 Å². The number of hydrogen-bond acceptors (Lipinski definition) is 1. The maximum Gasteiger partial charge on any atom is 0.0483 e. The van der Waals surface area contributed by atoms with Crippen molar-refractivity contribution in [1.82, 2.24) is 0 Å². The summed E-state index contributed by atoms with van der Waals surface area (Å²) in [7, 11) is 0. The van der Waals surface area contributed by atoms with Crippen molar-refractivity contribution in [3.05, 3.63) is 126 Å². The minimum atomic E-state index is 0.854. The third-order valence-electron chi connectivity index (χ3n) is 6.48. The summed E-state index contributed by atoms with van der Waals surface area (Å²) in [6.07, 6.45) is 0.898. The van der Waals surface area contributed by atoms with Crippen molar-refractivity contribution >= 4 is 5.69 Å². The molecule has 0 unspecified atom stereocenters. The number of rotatable bonds is 3. The van der Waals surface area contributed by atoms with Crippen molar-refractivity contribution in [2.75, 3.05) is 5.73 Å². The van der Waals surface area contributed by atoms with Crippen LogP contribution in [0.3, 0.4) is 0 Å². The summed E-state index contributed by atoms with van der Waals surface area (Å²) in [5.74, 6) is 0. The number of nitrogen functional groups attached to an aromatic ring is 1. The van der Waals surface area contributed by atoms with Crippen LogP contribution in [0.25, 0.3) is 44.5 Å². The summed E-state index contributed by atoms with van der Waals surface area (Å²) in [5, 5.41) is 0. The topological polar surface area (TPSA) is 26.0 Å². The lowest BCUT2D eigenvalue weighted by Gasteiger charge is -2.23. The monoisotopic (exact) mass is 409 g/mol. The molecule has 0 aliphatic heterocycles. The largest absolute Gasteiger partial charge is 0.398 e. The molecular formula is C31H23N. The molecule has 6 rings (SSSR count). The first-order valence-corrected chi connectivity index (χ1v) is 11.1. The molecule has 1 heteroatoms. The third-order valence-corrected chi connectivity index (χ3v) is 6.48. The van der Waals surface area contributed by atoms with Crippen LogP contribution in [0.5, 0.6) is 0 Å². The number of benzene rings is 5. The Hall–Kier alpha value is -4.10. The van der Waals surface area contributed by atoms with E-state index < -0.39 is 0 Å². The highest BCUT2D eigenvalue weighted by Crippen LogP contribution is 2.54. The van der Waals surface area contributed by atoms with Gasteiger partial charge in [-0.15, -0.1) is 0 Å². The number of hydrogen-bond donors (Lipinski definition) is 1. The van der Waals surface area contributed by atoms with Crippen molar-refractivity contribution in [2.24, 2.45) is 0 Å². The summed E-state index contributed by atoms with van der Waals surface area (Å²) in [6.45, 7) is 0. The van der Waals surface area contributed by atoms with Crippen LogP contribution in [-0.2, 0) is 6.42 Å². The number of nitrogens with two attached hydrogens (primary N) is 1. The van der Waals surface area contributed by atoms with Gasteiger partial charge in [-0.3, -0.25) is 0 Å². The van der Waals surface area contributed by atoms with Gasteiger partial charge in [0.05, 0.1) is 0 Å². The minimum absolute atomic E-state index is 0.854. The van der Waals surface area contributed by atoms with Gasteiger partial charge in [-0.1, -0.05) is 115 Å². The van der Waals surface area contributed by atoms with E-state index in [1.165, 1.54) is 38.9 Å². The summed E-state index contributed by atoms with van der Waals surface area (Å²) in [5.41, 5.74) is 20.3. The van der Waals surface area contributed by atoms with E-state index >= 15 is 0 Å². The zero-order valence-corrected chi connectivity index (χ0v) is 17.8. The lowest BCUT2D eigenvalue weighted by atomic mass is 9.81. The zero-order chi connectivity index (χ0) is 21.5. The molecular weight excluding hydrogens is 386 g/mol. The molecule has 0 saturated heterocycles. The maximum absolute atomic E-state index is 7.09. The smallest absolute Gasteiger partial charge is 0.0483 e. The first-order chi connectivity index (χ1) is 15.8. The summed E-state index contributed by atoms with van der Waals surface area (Å²) < 4.78 is 0. The van der Waals surface area contributed by atoms with E-state index in [2.05, 4.69) is 115 Å². The van der Waals surface area contributed by atoms with Crippen LogP contribution in [-0.4, -0.2) is 0 Å². The normalized spacial score (nSPS) is 11.8. The van der Waals surface area contributed by atoms with Crippen LogP contribution in [0.4, 0.5) is 5.69 Å². The van der Waals surface area contributed by atoms with Crippen LogP contribution in [0.1, 0.15) is 11.1 Å². The third kappa shape index (κ3) is 2.86. The SMILES string of the molecule is Nc1c(-c2ccccc2)c2c(c(-c3ccccc3)c1-c1ccccc1)-c1ccccc1C2. The summed E-state index contributed by atoms with van der Waals surface area (Å²) in [4.78, 5) is 0. The molecule has 0 fully saturated rings. The van der Waals surface area contributed by atoms with E-state index in [0.717, 1.165) is 28.8 Å². The van der Waals surface area contributed by atoms with Gasteiger partial charge in [0.2, 0.25) is 0 Å². The van der Waals surface area contributed by atoms with Crippen LogP contribution in [0, 0.1) is 0 Å². The zero-order valence-electron chi connectivity index (χ0n) is 17.8. The Kier molecular flexibility index (Phi) is 4.40. The first kappa shape index (κ1) is 18.7. The molecule has 32 heavy (non-hydrogen) atoms. The molecule has 5 aromatic carbocycles. The molecule has 1 aliphatic rings. The van der Waals surface area contributed by atoms with Crippen molar-refractivity contribution in [1.29, 1.82) is 0 Å². The van der Waals surface area contributed by atoms with Gasteiger partial charge in [0, 0.05) is 16.8 Å². The minimum Gasteiger partial charge on any atom is -0.398 e. The molecule has 2 N–H and O–H groups in total. The second-order valence-electron chi connectivity index (χ2n) is 8.32. The van der Waals surface area contributed by atoms with Gasteiger partial charge in [0.1, 0.15) is 0 Å². The Morgan fingerprint density at radius 1 is 0.438 bits per heavy atom. The lowest BCUT2D eigenvalue weighted by Crippen LogP contribution is -2.02. The second kappa shape index (κ2) is 7.55. The van der Waals surface area contributed by atoms with E-state index in [0.29, 0.717) is 0 Å². The summed E-state index contributed by atoms with van der Waals surface area (Å²) >= 11 is 0. The predicted octanol–water partition coefficient (Wildman–Crippen LogP) is 7.84. The molecule has 0 radical (unpaired) electrons. The molecule has 0 bridgehead atoms. The van der Waals surface area contributed by atoms with E-state index in [4.69, 9.17) is 5.73 Å². The Morgan fingerprint density at radius 3 is 1.50 bits per heavy atom. The maximum atomic E-state index is 7.09. The van der Waals surface area contributed by atoms with Crippen molar-refractivity contribution < 1.29 is 0 Å². The van der Waals surface area contributed by atoms with Gasteiger partial charge in [-0.25, -0.2) is 0 Å². The van der Waals surface area contributed by atoms with E-state index in [9.17, 15) is 0 Å². The quantitative estimate of drug-likeness (QED) is 0.296. The number of fused-ring (bicyclic) bond motifs is 3. The summed E-state index contributed by atoms with van der Waals surface area (Å²) in [6, 6.07) is 40.6. The van der Waals surface area contributed by atoms with E-state index in [1.807, 2.05) is 0 Å². The highest BCUT2D eigenvalue weighted by molar-refractivity contribution is 6.08. The van der Waals surface area contributed by atoms with E-state index in [-0.39, 0.29) is 0 Å². The van der Waals surface area contributed by atoms with Crippen LogP contribution < -0.4 is 5.73 Å². The van der Waals surface area contributed by atoms with Crippen molar-refractivity contribution in [2.45, 2.75) is 6.42 Å². The molecule has 1 nitrogen and oxygen atoms in total. The van der Waals surface area contributed by atoms with Crippen LogP contribution in [0.15, 0.2) is 115 Å². The average Bonchev–Trinajstić information content (AvgIpc) is 3.23. The Labute approximate surface area is 188 Å². The molecule has 0 heterocycles. The van der Waals surface area contributed by atoms with Gasteiger partial charge < -0.3 is 5.73 Å². The molecule has 152 valence electrons. The number of anilines is 1. The first-order valence-electron chi connectivity index (χ1n) is 11.1. The van der Waals surface area contributed by atoms with Gasteiger partial charge in [-0.05, 0) is 50.9 Å². The molecule has 0 spiro atoms. The van der Waals surface area contributed by atoms with Gasteiger partial charge in [0.15, 0.2) is 0 Å². The molecule has 0 saturated carbocycles. The molecule has 0 amide bonds. The standard InChI is InChI=1S/C31H23N/c32-31-27(21-12-4-1-5-13-21)26-20-24-18-10-11-19-25(24)30(26)28(22-14-6-2-7-15-22)29(31)23-16-8-3-9-17-23/h1-19H,20,32H2. The predicted molar refractivity (Wildman–Crippen MR) is 135 cm³/mol. The Balaban J connectivity index is 1.81. The van der Waals surface area contributed by atoms with E-state index in [1.54, 1.807) is 0 Å². The van der Waals surface area contributed by atoms with Gasteiger partial charge in [-0.2, -0.15) is 0 Å². The van der Waals surface area contributed by atoms with Gasteiger partial charge >= 0.3 is 0 Å². The molecule has 5 aromatic rings. The second-order valence-corrected chi connectivity index (χ2v) is 8.32. The van der Waals surface area contributed by atoms with Crippen molar-refractivity contribution in [3.63, 3.8) is 0 Å². The lowest BCUT2D eigenvalue weighted by molar-refractivity contribution is 1.26. The molecule has 0 atom stereocenters. The fourth-order valence-electron chi connectivity index (χ4n) is 5.14. The average molecular weight is 410 g/mol. The highest BCUT2D eigenvalue weighted by Gasteiger charge is 2.30. The van der Waals surface area contributed by atoms with Crippen LogP contribution in [0.2, 0.25) is 0 Å². The molecule has 0 aromatic heterocycles. The fraction of sp³-hybridized carbons (Fsp3) is 0.0323. The Bertz CT molecular complexity index is 1410. The molecule has 1 aliphatic carbocycles. The Morgan fingerprint density at radius 2 is 0.906 bits per heavy atom.